The third-order valence-electron chi connectivity index (χ3n) is 3.25. The lowest BCUT2D eigenvalue weighted by molar-refractivity contribution is -0.158. The maximum absolute atomic E-state index is 12.1. The van der Waals surface area contributed by atoms with Crippen molar-refractivity contribution in [1.29, 1.82) is 0 Å². The molecule has 0 fully saturated rings. The summed E-state index contributed by atoms with van der Waals surface area (Å²) >= 11 is 0. The zero-order valence-corrected chi connectivity index (χ0v) is 14.0. The second kappa shape index (κ2) is 9.27. The lowest BCUT2D eigenvalue weighted by atomic mass is 10.2. The van der Waals surface area contributed by atoms with E-state index in [1.54, 1.807) is 48.5 Å². The Balaban J connectivity index is 1.99. The molecule has 0 aromatic heterocycles. The van der Waals surface area contributed by atoms with E-state index in [0.29, 0.717) is 23.5 Å². The molecular weight excluding hydrogens is 320 g/mol. The Morgan fingerprint density at radius 3 is 2.32 bits per heavy atom. The molecule has 25 heavy (non-hydrogen) atoms. The maximum Gasteiger partial charge on any atom is 0.343 e. The van der Waals surface area contributed by atoms with E-state index in [9.17, 15) is 9.59 Å². The van der Waals surface area contributed by atoms with Crippen molar-refractivity contribution in [3.8, 4) is 11.5 Å². The highest BCUT2D eigenvalue weighted by atomic mass is 16.7. The van der Waals surface area contributed by atoms with Gasteiger partial charge in [0.25, 0.3) is 0 Å². The highest BCUT2D eigenvalue weighted by molar-refractivity contribution is 5.91. The molecule has 2 rings (SSSR count). The molecule has 2 aromatic carbocycles. The lowest BCUT2D eigenvalue weighted by Gasteiger charge is -2.18. The molecular formula is C20H20O5. The molecule has 0 spiro atoms. The molecule has 0 aliphatic heterocycles. The van der Waals surface area contributed by atoms with E-state index >= 15 is 0 Å². The summed E-state index contributed by atoms with van der Waals surface area (Å²) < 4.78 is 16.0. The first kappa shape index (κ1) is 18.3. The molecule has 0 radical (unpaired) electrons. The van der Waals surface area contributed by atoms with Crippen LogP contribution < -0.4 is 9.47 Å². The van der Waals surface area contributed by atoms with Crippen molar-refractivity contribution in [2.45, 2.75) is 26.1 Å². The van der Waals surface area contributed by atoms with Crippen molar-refractivity contribution in [1.82, 2.24) is 0 Å². The van der Waals surface area contributed by atoms with Crippen LogP contribution in [-0.2, 0) is 9.53 Å². The van der Waals surface area contributed by atoms with Crippen LogP contribution in [0.4, 0.5) is 0 Å². The lowest BCUT2D eigenvalue weighted by Crippen LogP contribution is -2.23. The summed E-state index contributed by atoms with van der Waals surface area (Å²) in [7, 11) is 0. The van der Waals surface area contributed by atoms with Crippen LogP contribution in [-0.4, -0.2) is 18.2 Å². The molecule has 130 valence electrons. The van der Waals surface area contributed by atoms with E-state index in [0.717, 1.165) is 12.5 Å². The number of esters is 2. The summed E-state index contributed by atoms with van der Waals surface area (Å²) in [6.07, 6.45) is 1.74. The fourth-order valence-electron chi connectivity index (χ4n) is 2.03. The third-order valence-corrected chi connectivity index (χ3v) is 3.25. The van der Waals surface area contributed by atoms with Gasteiger partial charge in [0.1, 0.15) is 11.5 Å². The smallest absolute Gasteiger partial charge is 0.343 e. The average molecular weight is 340 g/mol. The number of para-hydroxylation sites is 1. The van der Waals surface area contributed by atoms with Crippen LogP contribution in [0.15, 0.2) is 67.3 Å². The van der Waals surface area contributed by atoms with Gasteiger partial charge in [-0.15, -0.1) is 0 Å². The maximum atomic E-state index is 12.1. The van der Waals surface area contributed by atoms with Crippen molar-refractivity contribution in [2.75, 3.05) is 0 Å². The Kier molecular flexibility index (Phi) is 6.77. The molecule has 0 aliphatic rings. The van der Waals surface area contributed by atoms with Crippen LogP contribution in [0, 0.1) is 0 Å². The largest absolute Gasteiger partial charge is 0.455 e. The highest BCUT2D eigenvalue weighted by Gasteiger charge is 2.14. The van der Waals surface area contributed by atoms with E-state index in [2.05, 4.69) is 6.58 Å². The summed E-state index contributed by atoms with van der Waals surface area (Å²) in [4.78, 5) is 23.4. The molecule has 1 unspecified atom stereocenters. The first-order chi connectivity index (χ1) is 12.1. The number of carbonyl (C=O) groups excluding carboxylic acids is 2. The van der Waals surface area contributed by atoms with Gasteiger partial charge in [-0.2, -0.15) is 0 Å². The summed E-state index contributed by atoms with van der Waals surface area (Å²) in [5.74, 6) is -0.0267. The molecule has 0 N–H and O–H groups in total. The molecule has 0 heterocycles. The SMILES string of the molecule is C=CC(=O)OC(CCC)Oc1ccc(C(=O)Oc2ccccc2)cc1. The van der Waals surface area contributed by atoms with Crippen LogP contribution in [0.3, 0.4) is 0 Å². The molecule has 0 amide bonds. The molecule has 1 atom stereocenters. The molecule has 0 saturated carbocycles. The molecule has 0 bridgehead atoms. The number of hydrogen-bond donors (Lipinski definition) is 0. The Labute approximate surface area is 146 Å². The predicted molar refractivity (Wildman–Crippen MR) is 93.5 cm³/mol. The monoisotopic (exact) mass is 340 g/mol. The van der Waals surface area contributed by atoms with Gasteiger partial charge in [0.05, 0.1) is 5.56 Å². The standard InChI is InChI=1S/C20H20O5/c1-3-8-19(25-18(21)4-2)23-17-13-11-15(12-14-17)20(22)24-16-9-6-5-7-10-16/h4-7,9-14,19H,2-3,8H2,1H3. The van der Waals surface area contributed by atoms with Gasteiger partial charge in [0.15, 0.2) is 0 Å². The minimum atomic E-state index is -0.697. The van der Waals surface area contributed by atoms with Gasteiger partial charge in [-0.25, -0.2) is 9.59 Å². The number of benzene rings is 2. The summed E-state index contributed by atoms with van der Waals surface area (Å²) in [5.41, 5.74) is 0.395. The minimum absolute atomic E-state index is 0.395. The van der Waals surface area contributed by atoms with Crippen LogP contribution in [0.5, 0.6) is 11.5 Å². The minimum Gasteiger partial charge on any atom is -0.455 e. The summed E-state index contributed by atoms with van der Waals surface area (Å²) in [6, 6.07) is 15.3. The quantitative estimate of drug-likeness (QED) is 0.313. The second-order valence-electron chi connectivity index (χ2n) is 5.20. The topological polar surface area (TPSA) is 61.8 Å². The second-order valence-corrected chi connectivity index (χ2v) is 5.20. The Morgan fingerprint density at radius 2 is 1.72 bits per heavy atom. The predicted octanol–water partition coefficient (Wildman–Crippen LogP) is 4.14. The first-order valence-electron chi connectivity index (χ1n) is 7.99. The fraction of sp³-hybridized carbons (Fsp3) is 0.200. The van der Waals surface area contributed by atoms with Gasteiger partial charge in [-0.3, -0.25) is 0 Å². The number of rotatable bonds is 8. The normalized spacial score (nSPS) is 11.2. The number of hydrogen-bond acceptors (Lipinski definition) is 5. The Bertz CT molecular complexity index is 707. The van der Waals surface area contributed by atoms with Crippen LogP contribution in [0.25, 0.3) is 0 Å². The van der Waals surface area contributed by atoms with Crippen molar-refractivity contribution in [3.05, 3.63) is 72.8 Å². The molecule has 0 saturated heterocycles. The van der Waals surface area contributed by atoms with Crippen LogP contribution >= 0.6 is 0 Å². The Morgan fingerprint density at radius 1 is 1.04 bits per heavy atom. The van der Waals surface area contributed by atoms with E-state index in [4.69, 9.17) is 14.2 Å². The molecule has 5 nitrogen and oxygen atoms in total. The molecule has 5 heteroatoms. The van der Waals surface area contributed by atoms with E-state index < -0.39 is 18.2 Å². The molecule has 0 aliphatic carbocycles. The van der Waals surface area contributed by atoms with Crippen molar-refractivity contribution >= 4 is 11.9 Å². The number of carbonyl (C=O) groups is 2. The van der Waals surface area contributed by atoms with Crippen molar-refractivity contribution in [3.63, 3.8) is 0 Å². The van der Waals surface area contributed by atoms with Gasteiger partial charge < -0.3 is 14.2 Å². The summed E-state index contributed by atoms with van der Waals surface area (Å²) in [5, 5.41) is 0. The van der Waals surface area contributed by atoms with Gasteiger partial charge in [-0.1, -0.05) is 31.7 Å². The van der Waals surface area contributed by atoms with Crippen LogP contribution in [0.1, 0.15) is 30.1 Å². The van der Waals surface area contributed by atoms with Crippen molar-refractivity contribution < 1.29 is 23.8 Å². The van der Waals surface area contributed by atoms with E-state index in [1.165, 1.54) is 0 Å². The van der Waals surface area contributed by atoms with Gasteiger partial charge in [-0.05, 0) is 42.8 Å². The van der Waals surface area contributed by atoms with Gasteiger partial charge in [0.2, 0.25) is 6.29 Å². The number of ether oxygens (including phenoxy) is 3. The zero-order chi connectivity index (χ0) is 18.1. The zero-order valence-electron chi connectivity index (χ0n) is 14.0. The van der Waals surface area contributed by atoms with Gasteiger partial charge in [0, 0.05) is 12.5 Å². The average Bonchev–Trinajstić information content (AvgIpc) is 2.63. The summed E-state index contributed by atoms with van der Waals surface area (Å²) in [6.45, 7) is 5.32. The fourth-order valence-corrected chi connectivity index (χ4v) is 2.03. The molecule has 2 aromatic rings. The van der Waals surface area contributed by atoms with Crippen molar-refractivity contribution in [2.24, 2.45) is 0 Å². The Hall–Kier alpha value is -3.08. The van der Waals surface area contributed by atoms with E-state index in [-0.39, 0.29) is 0 Å². The van der Waals surface area contributed by atoms with E-state index in [1.807, 2.05) is 13.0 Å². The first-order valence-corrected chi connectivity index (χ1v) is 7.99. The van der Waals surface area contributed by atoms with Crippen LogP contribution in [0.2, 0.25) is 0 Å². The van der Waals surface area contributed by atoms with Gasteiger partial charge >= 0.3 is 11.9 Å². The highest BCUT2D eigenvalue weighted by Crippen LogP contribution is 2.18. The third kappa shape index (κ3) is 5.80.